The molecule has 162 valence electrons. The molecule has 0 saturated carbocycles. The zero-order valence-corrected chi connectivity index (χ0v) is 18.0. The Kier molecular flexibility index (Phi) is 5.13. The second-order valence-electron chi connectivity index (χ2n) is 8.24. The number of carbonyl (C=O) groups is 1. The lowest BCUT2D eigenvalue weighted by Gasteiger charge is -2.21. The Labute approximate surface area is 184 Å². The third-order valence-electron chi connectivity index (χ3n) is 5.86. The Morgan fingerprint density at radius 2 is 1.97 bits per heavy atom. The number of likely N-dealkylation sites (N-methyl/N-ethyl adjacent to an activating group) is 1. The molecule has 4 aromatic rings. The number of fused-ring (bicyclic) bond motifs is 2. The topological polar surface area (TPSA) is 76.8 Å². The van der Waals surface area contributed by atoms with Crippen LogP contribution in [0.4, 0.5) is 10.2 Å². The van der Waals surface area contributed by atoms with Crippen molar-refractivity contribution >= 4 is 22.5 Å². The Bertz CT molecular complexity index is 1310. The number of hydrogen-bond donors (Lipinski definition) is 0. The van der Waals surface area contributed by atoms with Crippen molar-refractivity contribution in [1.82, 2.24) is 24.7 Å². The predicted octanol–water partition coefficient (Wildman–Crippen LogP) is 3.30. The third-order valence-corrected chi connectivity index (χ3v) is 5.86. The van der Waals surface area contributed by atoms with Crippen LogP contribution in [-0.4, -0.2) is 44.1 Å². The maximum Gasteiger partial charge on any atom is 0.180 e. The van der Waals surface area contributed by atoms with Crippen LogP contribution in [0.2, 0.25) is 0 Å². The van der Waals surface area contributed by atoms with Crippen molar-refractivity contribution < 1.29 is 9.18 Å². The van der Waals surface area contributed by atoms with E-state index in [1.54, 1.807) is 29.2 Å². The molecule has 0 unspecified atom stereocenters. The zero-order valence-electron chi connectivity index (χ0n) is 18.0. The van der Waals surface area contributed by atoms with E-state index in [0.717, 1.165) is 52.8 Å². The number of halogens is 1. The fourth-order valence-electron chi connectivity index (χ4n) is 4.24. The van der Waals surface area contributed by atoms with Crippen molar-refractivity contribution in [1.29, 1.82) is 0 Å². The average Bonchev–Trinajstić information content (AvgIpc) is 3.41. The van der Waals surface area contributed by atoms with Gasteiger partial charge in [0.15, 0.2) is 11.6 Å². The summed E-state index contributed by atoms with van der Waals surface area (Å²) in [5.41, 5.74) is 4.56. The summed E-state index contributed by atoms with van der Waals surface area (Å²) in [6.07, 6.45) is 6.65. The van der Waals surface area contributed by atoms with Crippen LogP contribution in [-0.2, 0) is 31.1 Å². The van der Waals surface area contributed by atoms with E-state index in [2.05, 4.69) is 10.1 Å². The number of anilines is 1. The smallest absolute Gasteiger partial charge is 0.180 e. The Balaban J connectivity index is 1.43. The summed E-state index contributed by atoms with van der Waals surface area (Å²) >= 11 is 0. The fourth-order valence-corrected chi connectivity index (χ4v) is 4.24. The van der Waals surface area contributed by atoms with Gasteiger partial charge in [-0.2, -0.15) is 5.10 Å². The van der Waals surface area contributed by atoms with Gasteiger partial charge in [-0.3, -0.25) is 14.5 Å². The van der Waals surface area contributed by atoms with E-state index in [4.69, 9.17) is 9.97 Å². The lowest BCUT2D eigenvalue weighted by atomic mass is 10.1. The molecule has 0 spiro atoms. The lowest BCUT2D eigenvalue weighted by molar-refractivity contribution is -0.117. The minimum absolute atomic E-state index is 0.0425. The molecule has 0 amide bonds. The molecule has 0 radical (unpaired) electrons. The zero-order chi connectivity index (χ0) is 22.2. The standard InChI is InChI=1S/C24H23FN6O/c1-30(14-18(32)10-15-6-8-17(25)9-7-15)24-19-4-3-5-20(19)28-23(29-24)21-11-16-12-27-31(2)22(16)13-26-21/h6-9,11-13H,3-5,10,14H2,1-2H3. The first-order valence-corrected chi connectivity index (χ1v) is 10.6. The van der Waals surface area contributed by atoms with Gasteiger partial charge in [0.05, 0.1) is 24.5 Å². The number of carbonyl (C=O) groups excluding carboxylic acids is 1. The van der Waals surface area contributed by atoms with E-state index >= 15 is 0 Å². The monoisotopic (exact) mass is 430 g/mol. The molecular formula is C24H23FN6O. The Morgan fingerprint density at radius 1 is 1.16 bits per heavy atom. The highest BCUT2D eigenvalue weighted by Gasteiger charge is 2.23. The quantitative estimate of drug-likeness (QED) is 0.467. The van der Waals surface area contributed by atoms with Gasteiger partial charge in [0.1, 0.15) is 17.3 Å². The van der Waals surface area contributed by atoms with E-state index < -0.39 is 0 Å². The minimum Gasteiger partial charge on any atom is -0.352 e. The number of pyridine rings is 1. The highest BCUT2D eigenvalue weighted by Crippen LogP contribution is 2.31. The summed E-state index contributed by atoms with van der Waals surface area (Å²) in [5.74, 6) is 1.08. The van der Waals surface area contributed by atoms with Gasteiger partial charge >= 0.3 is 0 Å². The summed E-state index contributed by atoms with van der Waals surface area (Å²) < 4.78 is 14.9. The van der Waals surface area contributed by atoms with Crippen molar-refractivity contribution in [3.8, 4) is 11.5 Å². The first-order chi connectivity index (χ1) is 15.5. The van der Waals surface area contributed by atoms with Crippen molar-refractivity contribution in [3.05, 3.63) is 65.4 Å². The van der Waals surface area contributed by atoms with Crippen LogP contribution >= 0.6 is 0 Å². The minimum atomic E-state index is -0.305. The van der Waals surface area contributed by atoms with Crippen molar-refractivity contribution in [2.75, 3.05) is 18.5 Å². The van der Waals surface area contributed by atoms with E-state index in [-0.39, 0.29) is 24.6 Å². The molecule has 0 atom stereocenters. The Hall–Kier alpha value is -3.68. The van der Waals surface area contributed by atoms with Crippen LogP contribution in [0.3, 0.4) is 0 Å². The van der Waals surface area contributed by atoms with Crippen molar-refractivity contribution in [2.24, 2.45) is 7.05 Å². The summed E-state index contributed by atoms with van der Waals surface area (Å²) in [6, 6.07) is 7.99. The molecule has 1 aromatic carbocycles. The van der Waals surface area contributed by atoms with Crippen LogP contribution in [0.25, 0.3) is 22.4 Å². The molecule has 1 aliphatic rings. The van der Waals surface area contributed by atoms with Crippen LogP contribution in [0.15, 0.2) is 42.7 Å². The van der Waals surface area contributed by atoms with Gasteiger partial charge in [-0.25, -0.2) is 14.4 Å². The summed E-state index contributed by atoms with van der Waals surface area (Å²) in [6.45, 7) is 0.218. The van der Waals surface area contributed by atoms with Gasteiger partial charge in [0, 0.05) is 37.2 Å². The van der Waals surface area contributed by atoms with Gasteiger partial charge in [0.2, 0.25) is 0 Å². The molecule has 0 saturated heterocycles. The van der Waals surface area contributed by atoms with Gasteiger partial charge in [-0.05, 0) is 43.0 Å². The summed E-state index contributed by atoms with van der Waals surface area (Å²) in [7, 11) is 3.76. The number of hydrogen-bond acceptors (Lipinski definition) is 6. The van der Waals surface area contributed by atoms with Gasteiger partial charge in [-0.15, -0.1) is 0 Å². The second kappa shape index (κ2) is 8.11. The molecular weight excluding hydrogens is 407 g/mol. The number of Topliss-reactive ketones (excluding diaryl/α,β-unsaturated/α-hetero) is 1. The molecule has 1 aliphatic carbocycles. The molecule has 0 aliphatic heterocycles. The Morgan fingerprint density at radius 3 is 2.78 bits per heavy atom. The third kappa shape index (κ3) is 3.84. The van der Waals surface area contributed by atoms with E-state index in [1.807, 2.05) is 25.1 Å². The van der Waals surface area contributed by atoms with Gasteiger partial charge in [-0.1, -0.05) is 12.1 Å². The summed E-state index contributed by atoms with van der Waals surface area (Å²) in [4.78, 5) is 28.7. The van der Waals surface area contributed by atoms with E-state index in [0.29, 0.717) is 11.5 Å². The van der Waals surface area contributed by atoms with Crippen molar-refractivity contribution in [3.63, 3.8) is 0 Å². The van der Waals surface area contributed by atoms with E-state index in [9.17, 15) is 9.18 Å². The van der Waals surface area contributed by atoms with Crippen LogP contribution in [0.5, 0.6) is 0 Å². The maximum absolute atomic E-state index is 13.1. The molecule has 0 bridgehead atoms. The fraction of sp³-hybridized carbons (Fsp3) is 0.292. The largest absolute Gasteiger partial charge is 0.352 e. The highest BCUT2D eigenvalue weighted by atomic mass is 19.1. The first-order valence-electron chi connectivity index (χ1n) is 10.6. The van der Waals surface area contributed by atoms with Crippen LogP contribution in [0.1, 0.15) is 23.2 Å². The normalized spacial score (nSPS) is 12.8. The number of aryl methyl sites for hydroxylation is 2. The average molecular weight is 430 g/mol. The van der Waals surface area contributed by atoms with E-state index in [1.165, 1.54) is 12.1 Å². The SMILES string of the molecule is CN(CC(=O)Cc1ccc(F)cc1)c1nc(-c2cc3cnn(C)c3cn2)nc2c1CCC2. The first kappa shape index (κ1) is 20.2. The molecule has 3 heterocycles. The highest BCUT2D eigenvalue weighted by molar-refractivity contribution is 5.85. The molecule has 7 nitrogen and oxygen atoms in total. The number of benzene rings is 1. The van der Waals surface area contributed by atoms with Gasteiger partial charge < -0.3 is 4.90 Å². The van der Waals surface area contributed by atoms with Gasteiger partial charge in [0.25, 0.3) is 0 Å². The number of nitrogens with zero attached hydrogens (tertiary/aromatic N) is 6. The summed E-state index contributed by atoms with van der Waals surface area (Å²) in [5, 5.41) is 5.25. The molecule has 32 heavy (non-hydrogen) atoms. The molecule has 3 aromatic heterocycles. The molecule has 0 fully saturated rings. The van der Waals surface area contributed by atoms with Crippen molar-refractivity contribution in [2.45, 2.75) is 25.7 Å². The predicted molar refractivity (Wildman–Crippen MR) is 120 cm³/mol. The van der Waals surface area contributed by atoms with Crippen LogP contribution < -0.4 is 4.90 Å². The molecule has 0 N–H and O–H groups in total. The maximum atomic E-state index is 13.1. The molecule has 8 heteroatoms. The number of ketones is 1. The lowest BCUT2D eigenvalue weighted by Crippen LogP contribution is -2.28. The molecule has 5 rings (SSSR count). The second-order valence-corrected chi connectivity index (χ2v) is 8.24. The van der Waals surface area contributed by atoms with Crippen LogP contribution in [0, 0.1) is 5.82 Å². The number of aromatic nitrogens is 5. The number of rotatable bonds is 6.